The first-order valence-corrected chi connectivity index (χ1v) is 7.68. The number of amides is 1. The third kappa shape index (κ3) is 5.99. The highest BCUT2D eigenvalue weighted by Gasteiger charge is 2.15. The quantitative estimate of drug-likeness (QED) is 0.619. The molecule has 0 saturated heterocycles. The zero-order valence-corrected chi connectivity index (χ0v) is 13.2. The number of carbonyl (C=O) groups excluding carboxylic acids is 3. The van der Waals surface area contributed by atoms with E-state index in [1.54, 1.807) is 38.1 Å². The van der Waals surface area contributed by atoms with Gasteiger partial charge in [0.1, 0.15) is 0 Å². The van der Waals surface area contributed by atoms with Gasteiger partial charge in [-0.2, -0.15) is 0 Å². The smallest absolute Gasteiger partial charge is 0.315 e. The molecule has 0 aliphatic carbocycles. The van der Waals surface area contributed by atoms with Crippen LogP contribution in [0.3, 0.4) is 0 Å². The number of ether oxygens (including phenoxy) is 1. The number of anilines is 1. The van der Waals surface area contributed by atoms with Crippen LogP contribution in [0, 0.1) is 0 Å². The number of esters is 1. The zero-order valence-electron chi connectivity index (χ0n) is 12.3. The van der Waals surface area contributed by atoms with Gasteiger partial charge in [0.05, 0.1) is 17.6 Å². The molecule has 1 amide bonds. The first kappa shape index (κ1) is 17.2. The van der Waals surface area contributed by atoms with Crippen molar-refractivity contribution in [2.24, 2.45) is 0 Å². The van der Waals surface area contributed by atoms with Crippen molar-refractivity contribution in [2.45, 2.75) is 26.0 Å². The normalized spacial score (nSPS) is 11.6. The highest BCUT2D eigenvalue weighted by Crippen LogP contribution is 2.15. The molecule has 6 heteroatoms. The average molecular weight is 309 g/mol. The summed E-state index contributed by atoms with van der Waals surface area (Å²) in [6, 6.07) is 6.68. The summed E-state index contributed by atoms with van der Waals surface area (Å²) >= 11 is 1.22. The number of thioether (sulfide) groups is 1. The summed E-state index contributed by atoms with van der Waals surface area (Å²) < 4.78 is 4.80. The van der Waals surface area contributed by atoms with Gasteiger partial charge >= 0.3 is 5.97 Å². The van der Waals surface area contributed by atoms with Crippen LogP contribution in [-0.2, 0) is 14.3 Å². The minimum absolute atomic E-state index is 0.0220. The molecule has 0 radical (unpaired) electrons. The van der Waals surface area contributed by atoms with Gasteiger partial charge in [0.2, 0.25) is 5.91 Å². The number of carbonyl (C=O) groups is 3. The predicted octanol–water partition coefficient (Wildman–Crippen LogP) is 2.51. The standard InChI is InChI=1S/C15H19NO4S/c1-4-20-14(18)9-21-11(3)15(19)16-13-7-5-12(6-8-13)10(2)17/h5-8,11H,4,9H2,1-3H3,(H,16,19)/t11-/m0/s1. The largest absolute Gasteiger partial charge is 0.465 e. The van der Waals surface area contributed by atoms with Crippen molar-refractivity contribution in [3.8, 4) is 0 Å². The second-order valence-corrected chi connectivity index (χ2v) is 5.71. The van der Waals surface area contributed by atoms with Gasteiger partial charge in [-0.15, -0.1) is 11.8 Å². The number of hydrogen-bond donors (Lipinski definition) is 1. The van der Waals surface area contributed by atoms with Crippen molar-refractivity contribution >= 4 is 35.1 Å². The lowest BCUT2D eigenvalue weighted by molar-refractivity contribution is -0.139. The lowest BCUT2D eigenvalue weighted by atomic mass is 10.1. The van der Waals surface area contributed by atoms with Gasteiger partial charge in [0.25, 0.3) is 0 Å². The molecule has 0 bridgehead atoms. The highest BCUT2D eigenvalue weighted by atomic mass is 32.2. The van der Waals surface area contributed by atoms with Gasteiger partial charge in [-0.3, -0.25) is 14.4 Å². The van der Waals surface area contributed by atoms with E-state index < -0.39 is 0 Å². The Morgan fingerprint density at radius 3 is 2.38 bits per heavy atom. The molecule has 0 aliphatic rings. The van der Waals surface area contributed by atoms with E-state index in [0.717, 1.165) is 0 Å². The molecule has 1 aromatic carbocycles. The molecule has 0 aliphatic heterocycles. The molecule has 0 heterocycles. The Balaban J connectivity index is 2.48. The number of nitrogens with one attached hydrogen (secondary N) is 1. The minimum Gasteiger partial charge on any atom is -0.465 e. The van der Waals surface area contributed by atoms with E-state index in [2.05, 4.69) is 5.32 Å². The number of rotatable bonds is 7. The van der Waals surface area contributed by atoms with Crippen molar-refractivity contribution in [3.05, 3.63) is 29.8 Å². The van der Waals surface area contributed by atoms with Crippen molar-refractivity contribution in [1.82, 2.24) is 0 Å². The van der Waals surface area contributed by atoms with Crippen LogP contribution in [-0.4, -0.2) is 35.3 Å². The van der Waals surface area contributed by atoms with E-state index in [1.165, 1.54) is 18.7 Å². The summed E-state index contributed by atoms with van der Waals surface area (Å²) in [5.74, 6) is -0.398. The summed E-state index contributed by atoms with van der Waals surface area (Å²) in [4.78, 5) is 34.3. The Kier molecular flexibility index (Phi) is 6.94. The van der Waals surface area contributed by atoms with Gasteiger partial charge in [-0.1, -0.05) is 0 Å². The molecule has 1 rings (SSSR count). The van der Waals surface area contributed by atoms with E-state index in [-0.39, 0.29) is 28.7 Å². The van der Waals surface area contributed by atoms with E-state index in [4.69, 9.17) is 4.74 Å². The number of hydrogen-bond acceptors (Lipinski definition) is 5. The van der Waals surface area contributed by atoms with Crippen LogP contribution in [0.15, 0.2) is 24.3 Å². The molecule has 1 N–H and O–H groups in total. The second kappa shape index (κ2) is 8.46. The molecular formula is C15H19NO4S. The molecule has 1 aromatic rings. The summed E-state index contributed by atoms with van der Waals surface area (Å²) in [5.41, 5.74) is 1.21. The Hall–Kier alpha value is -1.82. The van der Waals surface area contributed by atoms with Crippen molar-refractivity contribution in [2.75, 3.05) is 17.7 Å². The van der Waals surface area contributed by atoms with Crippen LogP contribution in [0.2, 0.25) is 0 Å². The minimum atomic E-state index is -0.373. The second-order valence-electron chi connectivity index (χ2n) is 4.38. The van der Waals surface area contributed by atoms with Crippen LogP contribution in [0.5, 0.6) is 0 Å². The summed E-state index contributed by atoms with van der Waals surface area (Å²) in [5, 5.41) is 2.37. The van der Waals surface area contributed by atoms with Crippen molar-refractivity contribution in [1.29, 1.82) is 0 Å². The van der Waals surface area contributed by atoms with Crippen LogP contribution in [0.25, 0.3) is 0 Å². The fraction of sp³-hybridized carbons (Fsp3) is 0.400. The first-order valence-electron chi connectivity index (χ1n) is 6.63. The van der Waals surface area contributed by atoms with Crippen LogP contribution in [0.1, 0.15) is 31.1 Å². The molecule has 21 heavy (non-hydrogen) atoms. The third-order valence-corrected chi connectivity index (χ3v) is 3.80. The Morgan fingerprint density at radius 1 is 1.24 bits per heavy atom. The van der Waals surface area contributed by atoms with Crippen LogP contribution >= 0.6 is 11.8 Å². The SMILES string of the molecule is CCOC(=O)CS[C@@H](C)C(=O)Nc1ccc(C(C)=O)cc1. The third-order valence-electron chi connectivity index (χ3n) is 2.68. The topological polar surface area (TPSA) is 72.5 Å². The molecule has 0 saturated carbocycles. The molecular weight excluding hydrogens is 290 g/mol. The molecule has 0 unspecified atom stereocenters. The summed E-state index contributed by atoms with van der Waals surface area (Å²) in [6.45, 7) is 5.29. The van der Waals surface area contributed by atoms with Gasteiger partial charge in [0.15, 0.2) is 5.78 Å². The van der Waals surface area contributed by atoms with E-state index in [9.17, 15) is 14.4 Å². The van der Waals surface area contributed by atoms with E-state index in [1.807, 2.05) is 0 Å². The monoisotopic (exact) mass is 309 g/mol. The van der Waals surface area contributed by atoms with Gasteiger partial charge < -0.3 is 10.1 Å². The fourth-order valence-corrected chi connectivity index (χ4v) is 2.18. The lowest BCUT2D eigenvalue weighted by Gasteiger charge is -2.11. The van der Waals surface area contributed by atoms with E-state index >= 15 is 0 Å². The number of Topliss-reactive ketones (excluding diaryl/α,β-unsaturated/α-hetero) is 1. The molecule has 0 aromatic heterocycles. The van der Waals surface area contributed by atoms with Crippen LogP contribution in [0.4, 0.5) is 5.69 Å². The Morgan fingerprint density at radius 2 is 1.86 bits per heavy atom. The van der Waals surface area contributed by atoms with Gasteiger partial charge in [0, 0.05) is 11.3 Å². The highest BCUT2D eigenvalue weighted by molar-refractivity contribution is 8.01. The molecule has 0 spiro atoms. The predicted molar refractivity (Wildman–Crippen MR) is 83.6 cm³/mol. The van der Waals surface area contributed by atoms with Gasteiger partial charge in [-0.05, 0) is 45.0 Å². The Bertz CT molecular complexity index is 513. The maximum Gasteiger partial charge on any atom is 0.315 e. The summed E-state index contributed by atoms with van der Waals surface area (Å²) in [7, 11) is 0. The number of ketones is 1. The van der Waals surface area contributed by atoms with Crippen molar-refractivity contribution in [3.63, 3.8) is 0 Å². The summed E-state index contributed by atoms with van der Waals surface area (Å²) in [6.07, 6.45) is 0. The maximum absolute atomic E-state index is 12.0. The number of benzene rings is 1. The molecule has 0 fully saturated rings. The van der Waals surface area contributed by atoms with Crippen LogP contribution < -0.4 is 5.32 Å². The fourth-order valence-electron chi connectivity index (χ4n) is 1.50. The Labute approximate surface area is 128 Å². The lowest BCUT2D eigenvalue weighted by Crippen LogP contribution is -2.24. The maximum atomic E-state index is 12.0. The molecule has 114 valence electrons. The zero-order chi connectivity index (χ0) is 15.8. The average Bonchev–Trinajstić information content (AvgIpc) is 2.45. The van der Waals surface area contributed by atoms with Gasteiger partial charge in [-0.25, -0.2) is 0 Å². The van der Waals surface area contributed by atoms with E-state index in [0.29, 0.717) is 17.9 Å². The first-order chi connectivity index (χ1) is 9.93. The molecule has 5 nitrogen and oxygen atoms in total. The molecule has 1 atom stereocenters. The van der Waals surface area contributed by atoms with Crippen molar-refractivity contribution < 1.29 is 19.1 Å².